The number of hydrogen-bond donors (Lipinski definition) is 1. The number of fused-ring (bicyclic) bond motifs is 2. The number of H-pyrrole nitrogens is 1. The topological polar surface area (TPSA) is 92.4 Å². The minimum Gasteiger partial charge on any atom is -0.491 e. The third-order valence-electron chi connectivity index (χ3n) is 6.38. The fourth-order valence-electron chi connectivity index (χ4n) is 4.54. The molecule has 5 rings (SSSR count). The van der Waals surface area contributed by atoms with Crippen molar-refractivity contribution < 1.29 is 17.9 Å². The molecule has 180 valence electrons. The van der Waals surface area contributed by atoms with Crippen LogP contribution in [0.15, 0.2) is 59.5 Å². The third-order valence-corrected chi connectivity index (χ3v) is 7.49. The van der Waals surface area contributed by atoms with E-state index >= 15 is 0 Å². The molecule has 4 aromatic rings. The zero-order chi connectivity index (χ0) is 24.7. The summed E-state index contributed by atoms with van der Waals surface area (Å²) in [6, 6.07) is 16.9. The summed E-state index contributed by atoms with van der Waals surface area (Å²) in [5.41, 5.74) is 6.17. The summed E-state index contributed by atoms with van der Waals surface area (Å²) >= 11 is 0. The molecule has 1 N–H and O–H groups in total. The molecule has 7 nitrogen and oxygen atoms in total. The van der Waals surface area contributed by atoms with Crippen molar-refractivity contribution in [2.24, 2.45) is 0 Å². The Balaban J connectivity index is 1.46. The highest BCUT2D eigenvalue weighted by atomic mass is 32.2. The van der Waals surface area contributed by atoms with Crippen LogP contribution in [0.1, 0.15) is 34.2 Å². The Labute approximate surface area is 204 Å². The first kappa shape index (κ1) is 23.1. The number of aromatic nitrogens is 2. The molecule has 1 aliphatic heterocycles. The zero-order valence-corrected chi connectivity index (χ0v) is 20.8. The van der Waals surface area contributed by atoms with Gasteiger partial charge >= 0.3 is 0 Å². The Hall–Kier alpha value is -3.65. The van der Waals surface area contributed by atoms with Gasteiger partial charge in [0.15, 0.2) is 9.84 Å². The number of nitrogens with zero attached hydrogens (tertiary/aromatic N) is 2. The van der Waals surface area contributed by atoms with Crippen LogP contribution in [0.25, 0.3) is 22.2 Å². The van der Waals surface area contributed by atoms with E-state index in [0.717, 1.165) is 44.9 Å². The second-order valence-electron chi connectivity index (χ2n) is 8.90. The van der Waals surface area contributed by atoms with Gasteiger partial charge in [-0.05, 0) is 72.5 Å². The molecule has 0 saturated carbocycles. The molecular formula is C27H27N3O4S. The van der Waals surface area contributed by atoms with Crippen LogP contribution in [0.4, 0.5) is 0 Å². The second kappa shape index (κ2) is 8.85. The van der Waals surface area contributed by atoms with Crippen LogP contribution in [0.3, 0.4) is 0 Å². The molecule has 0 aliphatic carbocycles. The van der Waals surface area contributed by atoms with Crippen molar-refractivity contribution in [3.63, 3.8) is 0 Å². The van der Waals surface area contributed by atoms with E-state index in [4.69, 9.17) is 4.74 Å². The second-order valence-corrected chi connectivity index (χ2v) is 10.9. The Morgan fingerprint density at radius 2 is 1.86 bits per heavy atom. The Morgan fingerprint density at radius 1 is 1.09 bits per heavy atom. The van der Waals surface area contributed by atoms with E-state index in [9.17, 15) is 13.2 Å². The van der Waals surface area contributed by atoms with Crippen molar-refractivity contribution >= 4 is 26.8 Å². The van der Waals surface area contributed by atoms with Gasteiger partial charge in [0.2, 0.25) is 0 Å². The lowest BCUT2D eigenvalue weighted by Gasteiger charge is -2.22. The van der Waals surface area contributed by atoms with E-state index in [1.165, 1.54) is 12.3 Å². The van der Waals surface area contributed by atoms with Crippen LogP contribution in [0, 0.1) is 6.92 Å². The van der Waals surface area contributed by atoms with Crippen LogP contribution in [-0.2, 0) is 22.8 Å². The molecule has 0 spiro atoms. The monoisotopic (exact) mass is 489 g/mol. The Bertz CT molecular complexity index is 1560. The molecule has 3 aromatic carbocycles. The molecule has 8 heteroatoms. The van der Waals surface area contributed by atoms with Crippen LogP contribution in [0.5, 0.6) is 5.75 Å². The lowest BCUT2D eigenvalue weighted by molar-refractivity contribution is 0.0732. The van der Waals surface area contributed by atoms with Gasteiger partial charge in [0.25, 0.3) is 5.91 Å². The maximum absolute atomic E-state index is 13.5. The predicted molar refractivity (Wildman–Crippen MR) is 135 cm³/mol. The highest BCUT2D eigenvalue weighted by Gasteiger charge is 2.24. The summed E-state index contributed by atoms with van der Waals surface area (Å²) in [6.07, 6.45) is 1.74. The first-order valence-corrected chi connectivity index (χ1v) is 13.5. The average Bonchev–Trinajstić information content (AvgIpc) is 3.08. The highest BCUT2D eigenvalue weighted by molar-refractivity contribution is 7.90. The van der Waals surface area contributed by atoms with Crippen molar-refractivity contribution in [3.8, 4) is 16.9 Å². The largest absolute Gasteiger partial charge is 0.491 e. The van der Waals surface area contributed by atoms with Crippen LogP contribution in [-0.4, -0.2) is 48.6 Å². The minimum atomic E-state index is -3.34. The number of hydrogen-bond acceptors (Lipinski definition) is 5. The van der Waals surface area contributed by atoms with E-state index in [1.54, 1.807) is 17.0 Å². The first-order valence-electron chi connectivity index (χ1n) is 11.6. The number of aryl methyl sites for hydroxylation is 2. The normalized spacial score (nSPS) is 13.9. The molecule has 2 heterocycles. The van der Waals surface area contributed by atoms with Crippen molar-refractivity contribution in [1.29, 1.82) is 0 Å². The van der Waals surface area contributed by atoms with Crippen LogP contribution in [0.2, 0.25) is 0 Å². The molecule has 0 bridgehead atoms. The number of benzene rings is 3. The maximum atomic E-state index is 13.5. The van der Waals surface area contributed by atoms with Gasteiger partial charge < -0.3 is 14.6 Å². The molecule has 0 radical (unpaired) electrons. The molecule has 1 aromatic heterocycles. The summed E-state index contributed by atoms with van der Waals surface area (Å²) in [6.45, 7) is 5.09. The van der Waals surface area contributed by atoms with E-state index < -0.39 is 9.84 Å². The summed E-state index contributed by atoms with van der Waals surface area (Å²) < 4.78 is 29.9. The number of rotatable bonds is 4. The number of ether oxygens (including phenoxy) is 1. The van der Waals surface area contributed by atoms with Gasteiger partial charge in [-0.2, -0.15) is 0 Å². The fraction of sp³-hybridized carbons (Fsp3) is 0.259. The van der Waals surface area contributed by atoms with Crippen LogP contribution < -0.4 is 4.74 Å². The molecular weight excluding hydrogens is 462 g/mol. The van der Waals surface area contributed by atoms with Gasteiger partial charge in [0.05, 0.1) is 22.5 Å². The van der Waals surface area contributed by atoms with Gasteiger partial charge in [0.1, 0.15) is 18.2 Å². The molecule has 0 atom stereocenters. The van der Waals surface area contributed by atoms with Crippen molar-refractivity contribution in [1.82, 2.24) is 14.9 Å². The van der Waals surface area contributed by atoms with E-state index in [1.807, 2.05) is 38.1 Å². The molecule has 0 unspecified atom stereocenters. The summed E-state index contributed by atoms with van der Waals surface area (Å²) in [7, 11) is -3.34. The van der Waals surface area contributed by atoms with Gasteiger partial charge in [-0.15, -0.1) is 0 Å². The molecule has 0 saturated heterocycles. The number of nitrogens with one attached hydrogen (secondary N) is 1. The van der Waals surface area contributed by atoms with Gasteiger partial charge in [-0.3, -0.25) is 4.79 Å². The average molecular weight is 490 g/mol. The number of amides is 1. The minimum absolute atomic E-state index is 0.127. The van der Waals surface area contributed by atoms with Crippen molar-refractivity contribution in [3.05, 3.63) is 77.1 Å². The van der Waals surface area contributed by atoms with Gasteiger partial charge in [-0.1, -0.05) is 19.1 Å². The maximum Gasteiger partial charge on any atom is 0.254 e. The van der Waals surface area contributed by atoms with E-state index in [-0.39, 0.29) is 10.8 Å². The van der Waals surface area contributed by atoms with E-state index in [2.05, 4.69) is 22.1 Å². The summed E-state index contributed by atoms with van der Waals surface area (Å²) in [4.78, 5) is 23.3. The first-order chi connectivity index (χ1) is 16.7. The molecule has 1 amide bonds. The highest BCUT2D eigenvalue weighted by Crippen LogP contribution is 2.31. The Kier molecular flexibility index (Phi) is 5.84. The van der Waals surface area contributed by atoms with Crippen LogP contribution >= 0.6 is 0 Å². The standard InChI is InChI=1S/C27H27N3O4S/c1-4-18-14-22(35(3,32)33)7-8-23(18)27(31)30-11-12-34-26-10-6-19(13-21(26)16-30)20-5-9-24-25(15-20)29-17(2)28-24/h5-10,13-15H,4,11-12,16H2,1-3H3,(H,28,29). The fourth-order valence-corrected chi connectivity index (χ4v) is 5.21. The third kappa shape index (κ3) is 4.53. The number of aromatic amines is 1. The predicted octanol–water partition coefficient (Wildman–Crippen LogP) is 4.54. The smallest absolute Gasteiger partial charge is 0.254 e. The zero-order valence-electron chi connectivity index (χ0n) is 20.0. The number of imidazole rings is 1. The lowest BCUT2D eigenvalue weighted by atomic mass is 10.0. The Morgan fingerprint density at radius 3 is 2.63 bits per heavy atom. The van der Waals surface area contributed by atoms with Crippen molar-refractivity contribution in [2.75, 3.05) is 19.4 Å². The van der Waals surface area contributed by atoms with E-state index in [0.29, 0.717) is 31.7 Å². The molecule has 1 aliphatic rings. The van der Waals surface area contributed by atoms with Gasteiger partial charge in [-0.25, -0.2) is 13.4 Å². The number of sulfone groups is 1. The number of carbonyl (C=O) groups is 1. The molecule has 35 heavy (non-hydrogen) atoms. The summed E-state index contributed by atoms with van der Waals surface area (Å²) in [5.74, 6) is 1.52. The number of carbonyl (C=O) groups excluding carboxylic acids is 1. The molecule has 0 fully saturated rings. The summed E-state index contributed by atoms with van der Waals surface area (Å²) in [5, 5.41) is 0. The van der Waals surface area contributed by atoms with Gasteiger partial charge in [0, 0.05) is 23.9 Å². The SMILES string of the molecule is CCc1cc(S(C)(=O)=O)ccc1C(=O)N1CCOc2ccc(-c3ccc4nc(C)[nH]c4c3)cc2C1. The van der Waals surface area contributed by atoms with Crippen molar-refractivity contribution in [2.45, 2.75) is 31.7 Å². The quantitative estimate of drug-likeness (QED) is 0.454. The lowest BCUT2D eigenvalue weighted by Crippen LogP contribution is -2.33.